The third kappa shape index (κ3) is 3.68. The van der Waals surface area contributed by atoms with Crippen LogP contribution in [0.25, 0.3) is 11.0 Å². The van der Waals surface area contributed by atoms with Gasteiger partial charge in [-0.15, -0.1) is 0 Å². The molecule has 134 valence electrons. The summed E-state index contributed by atoms with van der Waals surface area (Å²) in [5.41, 5.74) is 0.273. The van der Waals surface area contributed by atoms with Crippen molar-refractivity contribution in [1.29, 1.82) is 0 Å². The molecule has 0 saturated carbocycles. The highest BCUT2D eigenvalue weighted by Gasteiger charge is 2.43. The molecule has 0 bridgehead atoms. The molecule has 0 spiro atoms. The fraction of sp³-hybridized carbons (Fsp3) is 0.412. The van der Waals surface area contributed by atoms with Crippen LogP contribution in [0.15, 0.2) is 39.7 Å². The van der Waals surface area contributed by atoms with Crippen molar-refractivity contribution in [2.75, 3.05) is 13.1 Å². The molecule has 1 aromatic carbocycles. The molecular formula is C17H16F3NO4. The van der Waals surface area contributed by atoms with E-state index in [0.717, 1.165) is 0 Å². The summed E-state index contributed by atoms with van der Waals surface area (Å²) in [7, 11) is 0. The van der Waals surface area contributed by atoms with Crippen LogP contribution in [-0.4, -0.2) is 42.3 Å². The van der Waals surface area contributed by atoms with Gasteiger partial charge in [0.1, 0.15) is 5.58 Å². The maximum absolute atomic E-state index is 12.9. The molecule has 1 fully saturated rings. The Kier molecular flexibility index (Phi) is 4.55. The van der Waals surface area contributed by atoms with Gasteiger partial charge in [0.25, 0.3) is 5.91 Å². The molecule has 3 rings (SSSR count). The van der Waals surface area contributed by atoms with E-state index >= 15 is 0 Å². The summed E-state index contributed by atoms with van der Waals surface area (Å²) in [5, 5.41) is 0.337. The second-order valence-corrected chi connectivity index (χ2v) is 6.01. The summed E-state index contributed by atoms with van der Waals surface area (Å²) < 4.78 is 48.9. The van der Waals surface area contributed by atoms with Gasteiger partial charge < -0.3 is 14.1 Å². The zero-order valence-corrected chi connectivity index (χ0v) is 13.4. The molecule has 8 heteroatoms. The number of benzene rings is 1. The SMILES string of the molecule is CC1CN(C(=O)c2ccc3c(=O)ccoc3c2)CCC(C(F)(F)F)O1. The maximum atomic E-state index is 12.9. The van der Waals surface area contributed by atoms with E-state index in [0.29, 0.717) is 5.39 Å². The van der Waals surface area contributed by atoms with Crippen molar-refractivity contribution in [3.63, 3.8) is 0 Å². The van der Waals surface area contributed by atoms with Crippen LogP contribution in [0.1, 0.15) is 23.7 Å². The molecule has 25 heavy (non-hydrogen) atoms. The number of halogens is 3. The molecular weight excluding hydrogens is 339 g/mol. The van der Waals surface area contributed by atoms with Crippen LogP contribution in [0.3, 0.4) is 0 Å². The number of carbonyl (C=O) groups is 1. The van der Waals surface area contributed by atoms with Crippen LogP contribution in [0.4, 0.5) is 13.2 Å². The molecule has 2 atom stereocenters. The number of hydrogen-bond donors (Lipinski definition) is 0. The standard InChI is InChI=1S/C17H16F3NO4/c1-10-9-21(6-4-15(25-10)17(18,19)20)16(23)11-2-3-12-13(22)5-7-24-14(12)8-11/h2-3,5,7-8,10,15H,4,6,9H2,1H3. The van der Waals surface area contributed by atoms with E-state index in [-0.39, 0.29) is 36.1 Å². The molecule has 1 aliphatic rings. The largest absolute Gasteiger partial charge is 0.464 e. The lowest BCUT2D eigenvalue weighted by atomic mass is 10.1. The fourth-order valence-electron chi connectivity index (χ4n) is 2.89. The first-order valence-electron chi connectivity index (χ1n) is 7.79. The Morgan fingerprint density at radius 3 is 2.76 bits per heavy atom. The summed E-state index contributed by atoms with van der Waals surface area (Å²) in [4.78, 5) is 25.7. The van der Waals surface area contributed by atoms with Gasteiger partial charge in [-0.05, 0) is 25.1 Å². The van der Waals surface area contributed by atoms with Gasteiger partial charge in [0.05, 0.1) is 17.8 Å². The van der Waals surface area contributed by atoms with E-state index in [1.54, 1.807) is 0 Å². The molecule has 1 aromatic heterocycles. The van der Waals surface area contributed by atoms with Gasteiger partial charge in [0.2, 0.25) is 0 Å². The van der Waals surface area contributed by atoms with Gasteiger partial charge >= 0.3 is 6.18 Å². The normalized spacial score (nSPS) is 22.0. The van der Waals surface area contributed by atoms with Crippen LogP contribution in [0, 0.1) is 0 Å². The highest BCUT2D eigenvalue weighted by Crippen LogP contribution is 2.29. The predicted octanol–water partition coefficient (Wildman–Crippen LogP) is 2.97. The topological polar surface area (TPSA) is 59.8 Å². The summed E-state index contributed by atoms with van der Waals surface area (Å²) in [5.74, 6) is -0.424. The number of hydrogen-bond acceptors (Lipinski definition) is 4. The van der Waals surface area contributed by atoms with Crippen molar-refractivity contribution in [2.45, 2.75) is 31.7 Å². The monoisotopic (exact) mass is 355 g/mol. The summed E-state index contributed by atoms with van der Waals surface area (Å²) in [6, 6.07) is 5.65. The van der Waals surface area contributed by atoms with Gasteiger partial charge in [0.15, 0.2) is 11.5 Å². The molecule has 0 radical (unpaired) electrons. The zero-order chi connectivity index (χ0) is 18.2. The number of carbonyl (C=O) groups excluding carboxylic acids is 1. The predicted molar refractivity (Wildman–Crippen MR) is 83.4 cm³/mol. The van der Waals surface area contributed by atoms with E-state index < -0.39 is 24.3 Å². The second-order valence-electron chi connectivity index (χ2n) is 6.01. The molecule has 0 N–H and O–H groups in total. The highest BCUT2D eigenvalue weighted by atomic mass is 19.4. The number of nitrogens with zero attached hydrogens (tertiary/aromatic N) is 1. The zero-order valence-electron chi connectivity index (χ0n) is 13.4. The van der Waals surface area contributed by atoms with Crippen LogP contribution in [0.2, 0.25) is 0 Å². The van der Waals surface area contributed by atoms with E-state index in [1.807, 2.05) is 0 Å². The molecule has 2 unspecified atom stereocenters. The van der Waals surface area contributed by atoms with E-state index in [4.69, 9.17) is 9.15 Å². The van der Waals surface area contributed by atoms with Crippen molar-refractivity contribution in [3.8, 4) is 0 Å². The van der Waals surface area contributed by atoms with Crippen LogP contribution < -0.4 is 5.43 Å². The Morgan fingerprint density at radius 1 is 1.28 bits per heavy atom. The van der Waals surface area contributed by atoms with Crippen molar-refractivity contribution in [2.24, 2.45) is 0 Å². The summed E-state index contributed by atoms with van der Waals surface area (Å²) in [6.45, 7) is 1.50. The average Bonchev–Trinajstić information content (AvgIpc) is 2.75. The highest BCUT2D eigenvalue weighted by molar-refractivity contribution is 5.97. The smallest absolute Gasteiger partial charge is 0.414 e. The molecule has 1 saturated heterocycles. The maximum Gasteiger partial charge on any atom is 0.414 e. The first kappa shape index (κ1) is 17.5. The van der Waals surface area contributed by atoms with E-state index in [1.165, 1.54) is 42.4 Å². The molecule has 5 nitrogen and oxygen atoms in total. The van der Waals surface area contributed by atoms with Gasteiger partial charge in [-0.1, -0.05) is 0 Å². The minimum atomic E-state index is -4.46. The minimum Gasteiger partial charge on any atom is -0.464 e. The van der Waals surface area contributed by atoms with Crippen molar-refractivity contribution in [1.82, 2.24) is 4.90 Å². The Balaban J connectivity index is 1.84. The van der Waals surface area contributed by atoms with Crippen LogP contribution >= 0.6 is 0 Å². The quantitative estimate of drug-likeness (QED) is 0.789. The number of alkyl halides is 3. The molecule has 2 heterocycles. The average molecular weight is 355 g/mol. The molecule has 0 aliphatic carbocycles. The summed E-state index contributed by atoms with van der Waals surface area (Å²) >= 11 is 0. The van der Waals surface area contributed by atoms with Crippen LogP contribution in [-0.2, 0) is 4.74 Å². The van der Waals surface area contributed by atoms with Gasteiger partial charge in [-0.25, -0.2) is 0 Å². The number of amides is 1. The van der Waals surface area contributed by atoms with Crippen LogP contribution in [0.5, 0.6) is 0 Å². The fourth-order valence-corrected chi connectivity index (χ4v) is 2.89. The Labute approximate surface area is 141 Å². The second kappa shape index (κ2) is 6.51. The minimum absolute atomic E-state index is 0.0577. The number of ether oxygens (including phenoxy) is 1. The number of rotatable bonds is 1. The van der Waals surface area contributed by atoms with Gasteiger partial charge in [0, 0.05) is 31.1 Å². The molecule has 2 aromatic rings. The first-order valence-corrected chi connectivity index (χ1v) is 7.79. The van der Waals surface area contributed by atoms with E-state index in [9.17, 15) is 22.8 Å². The van der Waals surface area contributed by atoms with Crippen molar-refractivity contribution in [3.05, 3.63) is 46.3 Å². The molecule has 1 aliphatic heterocycles. The lowest BCUT2D eigenvalue weighted by Gasteiger charge is -2.22. The number of fused-ring (bicyclic) bond motifs is 1. The third-order valence-electron chi connectivity index (χ3n) is 4.10. The van der Waals surface area contributed by atoms with E-state index in [2.05, 4.69) is 0 Å². The van der Waals surface area contributed by atoms with Gasteiger partial charge in [-0.2, -0.15) is 13.2 Å². The third-order valence-corrected chi connectivity index (χ3v) is 4.10. The Bertz CT molecular complexity index is 846. The van der Waals surface area contributed by atoms with Crippen molar-refractivity contribution >= 4 is 16.9 Å². The first-order chi connectivity index (χ1) is 11.8. The molecule has 1 amide bonds. The van der Waals surface area contributed by atoms with Crippen molar-refractivity contribution < 1.29 is 27.1 Å². The lowest BCUT2D eigenvalue weighted by molar-refractivity contribution is -0.228. The summed E-state index contributed by atoms with van der Waals surface area (Å²) in [6.07, 6.45) is -6.16. The van der Waals surface area contributed by atoms with Gasteiger partial charge in [-0.3, -0.25) is 9.59 Å². The lowest BCUT2D eigenvalue weighted by Crippen LogP contribution is -2.35. The Hall–Kier alpha value is -2.35. The Morgan fingerprint density at radius 2 is 2.04 bits per heavy atom.